The fourth-order valence-electron chi connectivity index (χ4n) is 1.82. The molecule has 0 bridgehead atoms. The van der Waals surface area contributed by atoms with Crippen LogP contribution in [0.25, 0.3) is 10.9 Å². The zero-order valence-electron chi connectivity index (χ0n) is 11.0. The summed E-state index contributed by atoms with van der Waals surface area (Å²) in [6.45, 7) is 0.497. The van der Waals surface area contributed by atoms with Crippen LogP contribution in [0.5, 0.6) is 11.5 Å². The summed E-state index contributed by atoms with van der Waals surface area (Å²) in [5.41, 5.74) is 7.34. The second kappa shape index (κ2) is 6.31. The Labute approximate surface area is 121 Å². The van der Waals surface area contributed by atoms with E-state index in [0.29, 0.717) is 46.1 Å². The van der Waals surface area contributed by atoms with Gasteiger partial charge in [0.15, 0.2) is 11.5 Å². The summed E-state index contributed by atoms with van der Waals surface area (Å²) in [5.74, 6) is 1.67. The van der Waals surface area contributed by atoms with Crippen molar-refractivity contribution in [3.05, 3.63) is 23.9 Å². The van der Waals surface area contributed by atoms with E-state index in [1.807, 2.05) is 6.07 Å². The number of anilines is 1. The smallest absolute Gasteiger partial charge is 0.163 e. The number of rotatable bonds is 5. The number of halogens is 1. The van der Waals surface area contributed by atoms with E-state index in [1.54, 1.807) is 19.2 Å². The van der Waals surface area contributed by atoms with Crippen molar-refractivity contribution < 1.29 is 9.47 Å². The van der Waals surface area contributed by atoms with Crippen molar-refractivity contribution in [1.29, 1.82) is 5.26 Å². The Kier molecular flexibility index (Phi) is 4.49. The van der Waals surface area contributed by atoms with Gasteiger partial charge in [0.2, 0.25) is 0 Å². The molecule has 0 saturated carbocycles. The Hall–Kier alpha value is -2.19. The van der Waals surface area contributed by atoms with Crippen LogP contribution in [0.3, 0.4) is 0 Å². The van der Waals surface area contributed by atoms with Gasteiger partial charge in [-0.1, -0.05) is 0 Å². The molecule has 1 heterocycles. The molecular weight excluding hydrogens is 278 g/mol. The number of nitrogens with two attached hydrogens (primary N) is 1. The molecule has 0 amide bonds. The molecular formula is C14H14ClN3O2. The van der Waals surface area contributed by atoms with E-state index in [9.17, 15) is 0 Å². The Morgan fingerprint density at radius 3 is 2.85 bits per heavy atom. The van der Waals surface area contributed by atoms with Gasteiger partial charge in [0, 0.05) is 23.5 Å². The molecule has 0 saturated heterocycles. The molecule has 0 atom stereocenters. The van der Waals surface area contributed by atoms with Crippen molar-refractivity contribution in [2.45, 2.75) is 6.42 Å². The van der Waals surface area contributed by atoms with Gasteiger partial charge in [-0.05, 0) is 12.5 Å². The van der Waals surface area contributed by atoms with Crippen molar-refractivity contribution in [1.82, 2.24) is 4.98 Å². The lowest BCUT2D eigenvalue weighted by Gasteiger charge is -2.12. The topological polar surface area (TPSA) is 81.2 Å². The van der Waals surface area contributed by atoms with Crippen molar-refractivity contribution in [3.63, 3.8) is 0 Å². The van der Waals surface area contributed by atoms with Gasteiger partial charge in [0.05, 0.1) is 30.5 Å². The average molecular weight is 292 g/mol. The quantitative estimate of drug-likeness (QED) is 0.676. The van der Waals surface area contributed by atoms with Crippen LogP contribution in [0, 0.1) is 11.3 Å². The minimum Gasteiger partial charge on any atom is -0.493 e. The van der Waals surface area contributed by atoms with Crippen LogP contribution in [0.4, 0.5) is 5.69 Å². The number of fused-ring (bicyclic) bond motifs is 1. The molecule has 20 heavy (non-hydrogen) atoms. The number of aromatic nitrogens is 1. The third-order valence-electron chi connectivity index (χ3n) is 2.85. The highest BCUT2D eigenvalue weighted by molar-refractivity contribution is 6.17. The van der Waals surface area contributed by atoms with Crippen molar-refractivity contribution in [2.24, 2.45) is 0 Å². The molecule has 5 nitrogen and oxygen atoms in total. The van der Waals surface area contributed by atoms with Gasteiger partial charge in [-0.15, -0.1) is 11.6 Å². The molecule has 0 aliphatic heterocycles. The van der Waals surface area contributed by atoms with E-state index in [4.69, 9.17) is 32.1 Å². The molecule has 0 spiro atoms. The lowest BCUT2D eigenvalue weighted by atomic mass is 10.1. The highest BCUT2D eigenvalue weighted by atomic mass is 35.5. The molecule has 2 N–H and O–H groups in total. The Bertz CT molecular complexity index is 667. The molecule has 6 heteroatoms. The van der Waals surface area contributed by atoms with Crippen LogP contribution < -0.4 is 15.2 Å². The van der Waals surface area contributed by atoms with Gasteiger partial charge in [-0.3, -0.25) is 4.98 Å². The number of benzene rings is 1. The third-order valence-corrected chi connectivity index (χ3v) is 3.12. The number of methoxy groups -OCH3 is 1. The Morgan fingerprint density at radius 1 is 1.40 bits per heavy atom. The zero-order valence-corrected chi connectivity index (χ0v) is 11.8. The van der Waals surface area contributed by atoms with Crippen molar-refractivity contribution in [2.75, 3.05) is 25.3 Å². The van der Waals surface area contributed by atoms with Crippen LogP contribution in [-0.2, 0) is 0 Å². The summed E-state index contributed by atoms with van der Waals surface area (Å²) in [4.78, 5) is 4.21. The maximum absolute atomic E-state index is 8.96. The SMILES string of the molecule is COc1cc2c(N)c(C#N)cnc2cc1OCCCCl. The summed E-state index contributed by atoms with van der Waals surface area (Å²) >= 11 is 5.62. The van der Waals surface area contributed by atoms with E-state index in [2.05, 4.69) is 4.98 Å². The minimum atomic E-state index is 0.343. The second-order valence-electron chi connectivity index (χ2n) is 4.11. The van der Waals surface area contributed by atoms with Crippen LogP contribution in [0.15, 0.2) is 18.3 Å². The van der Waals surface area contributed by atoms with E-state index >= 15 is 0 Å². The fourth-order valence-corrected chi connectivity index (χ4v) is 1.93. The van der Waals surface area contributed by atoms with E-state index in [0.717, 1.165) is 6.42 Å². The number of nitrogen functional groups attached to an aromatic ring is 1. The normalized spacial score (nSPS) is 10.2. The van der Waals surface area contributed by atoms with Crippen molar-refractivity contribution >= 4 is 28.2 Å². The maximum atomic E-state index is 8.96. The first-order valence-electron chi connectivity index (χ1n) is 6.06. The van der Waals surface area contributed by atoms with Gasteiger partial charge in [-0.25, -0.2) is 0 Å². The molecule has 0 aliphatic rings. The van der Waals surface area contributed by atoms with Gasteiger partial charge < -0.3 is 15.2 Å². The number of hydrogen-bond acceptors (Lipinski definition) is 5. The Balaban J connectivity index is 2.49. The van der Waals surface area contributed by atoms with Gasteiger partial charge in [0.25, 0.3) is 0 Å². The number of ether oxygens (including phenoxy) is 2. The predicted octanol–water partition coefficient (Wildman–Crippen LogP) is 2.70. The van der Waals surface area contributed by atoms with Gasteiger partial charge in [0.1, 0.15) is 6.07 Å². The number of hydrogen-bond donors (Lipinski definition) is 1. The molecule has 1 aromatic heterocycles. The largest absolute Gasteiger partial charge is 0.493 e. The van der Waals surface area contributed by atoms with Crippen LogP contribution in [-0.4, -0.2) is 24.6 Å². The van der Waals surface area contributed by atoms with Gasteiger partial charge >= 0.3 is 0 Å². The number of alkyl halides is 1. The minimum absolute atomic E-state index is 0.343. The number of nitriles is 1. The number of nitrogens with zero attached hydrogens (tertiary/aromatic N) is 2. The lowest BCUT2D eigenvalue weighted by molar-refractivity contribution is 0.295. The van der Waals surface area contributed by atoms with Crippen LogP contribution >= 0.6 is 11.6 Å². The molecule has 1 aromatic carbocycles. The highest BCUT2D eigenvalue weighted by Gasteiger charge is 2.12. The van der Waals surface area contributed by atoms with Crippen LogP contribution in [0.1, 0.15) is 12.0 Å². The van der Waals surface area contributed by atoms with E-state index < -0.39 is 0 Å². The second-order valence-corrected chi connectivity index (χ2v) is 4.49. The summed E-state index contributed by atoms with van der Waals surface area (Å²) in [6, 6.07) is 5.49. The first-order valence-corrected chi connectivity index (χ1v) is 6.59. The molecule has 0 fully saturated rings. The molecule has 0 radical (unpaired) electrons. The first kappa shape index (κ1) is 14.2. The predicted molar refractivity (Wildman–Crippen MR) is 78.3 cm³/mol. The monoisotopic (exact) mass is 291 g/mol. The molecule has 0 aliphatic carbocycles. The molecule has 2 rings (SSSR count). The summed E-state index contributed by atoms with van der Waals surface area (Å²) in [5, 5.41) is 9.64. The van der Waals surface area contributed by atoms with E-state index in [-0.39, 0.29) is 0 Å². The van der Waals surface area contributed by atoms with E-state index in [1.165, 1.54) is 6.20 Å². The first-order chi connectivity index (χ1) is 9.71. The maximum Gasteiger partial charge on any atom is 0.163 e. The van der Waals surface area contributed by atoms with Crippen molar-refractivity contribution in [3.8, 4) is 17.6 Å². The molecule has 0 unspecified atom stereocenters. The highest BCUT2D eigenvalue weighted by Crippen LogP contribution is 2.34. The molecule has 104 valence electrons. The summed E-state index contributed by atoms with van der Waals surface area (Å²) in [6.07, 6.45) is 2.19. The molecule has 2 aromatic rings. The standard InChI is InChI=1S/C14H14ClN3O2/c1-19-12-5-10-11(6-13(12)20-4-2-3-15)18-8-9(7-16)14(10)17/h5-6,8H,2-4H2,1H3,(H2,17,18). The summed E-state index contributed by atoms with van der Waals surface area (Å²) < 4.78 is 10.9. The zero-order chi connectivity index (χ0) is 14.5. The summed E-state index contributed by atoms with van der Waals surface area (Å²) in [7, 11) is 1.55. The van der Waals surface area contributed by atoms with Crippen LogP contribution in [0.2, 0.25) is 0 Å². The Morgan fingerprint density at radius 2 is 2.20 bits per heavy atom. The third kappa shape index (κ3) is 2.70. The number of pyridine rings is 1. The average Bonchev–Trinajstić information content (AvgIpc) is 2.47. The lowest BCUT2D eigenvalue weighted by Crippen LogP contribution is -2.01. The fraction of sp³-hybridized carbons (Fsp3) is 0.286. The van der Waals surface area contributed by atoms with Gasteiger partial charge in [-0.2, -0.15) is 5.26 Å².